The summed E-state index contributed by atoms with van der Waals surface area (Å²) in [5.41, 5.74) is 1.19. The first-order valence-electron chi connectivity index (χ1n) is 8.88. The fourth-order valence-electron chi connectivity index (χ4n) is 3.56. The van der Waals surface area contributed by atoms with Gasteiger partial charge in [0.25, 0.3) is 5.56 Å². The summed E-state index contributed by atoms with van der Waals surface area (Å²) in [5, 5.41) is 4.25. The lowest BCUT2D eigenvalue weighted by atomic mass is 10.0. The number of H-pyrrole nitrogens is 1. The lowest BCUT2D eigenvalue weighted by molar-refractivity contribution is -0.135. The Morgan fingerprint density at radius 1 is 1.36 bits per heavy atom. The van der Waals surface area contributed by atoms with E-state index in [1.807, 2.05) is 28.8 Å². The molecule has 0 unspecified atom stereocenters. The fourth-order valence-corrected chi connectivity index (χ4v) is 3.56. The van der Waals surface area contributed by atoms with Gasteiger partial charge in [0.1, 0.15) is 5.82 Å². The number of rotatable bonds is 5. The predicted molar refractivity (Wildman–Crippen MR) is 94.2 cm³/mol. The van der Waals surface area contributed by atoms with E-state index in [1.165, 1.54) is 0 Å². The minimum absolute atomic E-state index is 0.108. The zero-order valence-corrected chi connectivity index (χ0v) is 14.9. The van der Waals surface area contributed by atoms with Crippen molar-refractivity contribution in [3.8, 4) is 0 Å². The third-order valence-electron chi connectivity index (χ3n) is 4.83. The number of aromatic amines is 1. The van der Waals surface area contributed by atoms with Gasteiger partial charge in [0.15, 0.2) is 0 Å². The van der Waals surface area contributed by atoms with Gasteiger partial charge in [-0.05, 0) is 45.6 Å². The van der Waals surface area contributed by atoms with Gasteiger partial charge in [-0.2, -0.15) is 5.10 Å². The van der Waals surface area contributed by atoms with Gasteiger partial charge in [-0.15, -0.1) is 0 Å². The number of piperidine rings is 1. The van der Waals surface area contributed by atoms with Crippen LogP contribution in [0.3, 0.4) is 0 Å². The Balaban J connectivity index is 1.66. The van der Waals surface area contributed by atoms with Gasteiger partial charge in [0, 0.05) is 36.6 Å². The summed E-state index contributed by atoms with van der Waals surface area (Å²) in [6.07, 6.45) is 7.62. The summed E-state index contributed by atoms with van der Waals surface area (Å²) in [4.78, 5) is 33.8. The number of likely N-dealkylation sites (tertiary alicyclic amines) is 1. The summed E-state index contributed by atoms with van der Waals surface area (Å²) >= 11 is 0. The molecule has 0 saturated carbocycles. The number of hydrogen-bond donors (Lipinski definition) is 1. The van der Waals surface area contributed by atoms with E-state index in [4.69, 9.17) is 0 Å². The number of aryl methyl sites for hydroxylation is 2. The van der Waals surface area contributed by atoms with Crippen molar-refractivity contribution in [1.82, 2.24) is 24.6 Å². The molecule has 2 aromatic heterocycles. The van der Waals surface area contributed by atoms with Crippen molar-refractivity contribution in [3.05, 3.63) is 45.9 Å². The minimum atomic E-state index is -0.135. The van der Waals surface area contributed by atoms with E-state index in [0.717, 1.165) is 32.4 Å². The van der Waals surface area contributed by atoms with Crippen LogP contribution in [0.5, 0.6) is 0 Å². The topological polar surface area (TPSA) is 83.9 Å². The van der Waals surface area contributed by atoms with E-state index in [1.54, 1.807) is 13.1 Å². The molecule has 7 heteroatoms. The predicted octanol–water partition coefficient (Wildman–Crippen LogP) is 1.60. The number of carbonyl (C=O) groups is 1. The van der Waals surface area contributed by atoms with Crippen LogP contribution in [-0.4, -0.2) is 43.1 Å². The highest BCUT2D eigenvalue weighted by atomic mass is 16.2. The van der Waals surface area contributed by atoms with Crippen LogP contribution in [0.2, 0.25) is 0 Å². The zero-order chi connectivity index (χ0) is 17.8. The normalized spacial score (nSPS) is 17.7. The third-order valence-corrected chi connectivity index (χ3v) is 4.83. The average molecular weight is 343 g/mol. The average Bonchev–Trinajstić information content (AvgIpc) is 3.07. The Labute approximate surface area is 147 Å². The lowest BCUT2D eigenvalue weighted by Gasteiger charge is -2.36. The molecule has 25 heavy (non-hydrogen) atoms. The Morgan fingerprint density at radius 2 is 2.20 bits per heavy atom. The fraction of sp³-hybridized carbons (Fsp3) is 0.556. The maximum atomic E-state index is 12.8. The second-order valence-electron chi connectivity index (χ2n) is 6.68. The van der Waals surface area contributed by atoms with E-state index in [2.05, 4.69) is 15.1 Å². The molecular formula is C18H25N5O2. The zero-order valence-electron chi connectivity index (χ0n) is 14.9. The van der Waals surface area contributed by atoms with Crippen molar-refractivity contribution in [2.75, 3.05) is 6.54 Å². The van der Waals surface area contributed by atoms with Crippen LogP contribution in [0.25, 0.3) is 0 Å². The van der Waals surface area contributed by atoms with E-state index in [9.17, 15) is 9.59 Å². The molecule has 0 aliphatic carbocycles. The molecule has 0 bridgehead atoms. The van der Waals surface area contributed by atoms with Crippen LogP contribution < -0.4 is 5.56 Å². The molecule has 3 heterocycles. The molecule has 1 atom stereocenters. The highest BCUT2D eigenvalue weighted by molar-refractivity contribution is 5.77. The number of nitrogens with one attached hydrogen (secondary N) is 1. The van der Waals surface area contributed by atoms with Gasteiger partial charge in [0.2, 0.25) is 5.91 Å². The maximum Gasteiger partial charge on any atom is 0.254 e. The first-order chi connectivity index (χ1) is 12.0. The molecule has 1 saturated heterocycles. The second-order valence-corrected chi connectivity index (χ2v) is 6.68. The number of amides is 1. The van der Waals surface area contributed by atoms with Crippen molar-refractivity contribution in [2.45, 2.75) is 58.5 Å². The van der Waals surface area contributed by atoms with Crippen molar-refractivity contribution in [3.63, 3.8) is 0 Å². The Kier molecular flexibility index (Phi) is 5.31. The quantitative estimate of drug-likeness (QED) is 0.894. The van der Waals surface area contributed by atoms with E-state index in [0.29, 0.717) is 29.9 Å². The Hall–Kier alpha value is -2.44. The van der Waals surface area contributed by atoms with E-state index >= 15 is 0 Å². The molecule has 1 N–H and O–H groups in total. The van der Waals surface area contributed by atoms with Gasteiger partial charge in [-0.25, -0.2) is 4.98 Å². The second kappa shape index (κ2) is 7.63. The van der Waals surface area contributed by atoms with E-state index in [-0.39, 0.29) is 17.5 Å². The number of hydrogen-bond acceptors (Lipinski definition) is 4. The van der Waals surface area contributed by atoms with Crippen molar-refractivity contribution < 1.29 is 4.79 Å². The first kappa shape index (κ1) is 17.4. The van der Waals surface area contributed by atoms with Gasteiger partial charge in [-0.1, -0.05) is 0 Å². The van der Waals surface area contributed by atoms with Gasteiger partial charge in [0.05, 0.1) is 12.6 Å². The molecule has 0 radical (unpaired) electrons. The maximum absolute atomic E-state index is 12.8. The largest absolute Gasteiger partial charge is 0.338 e. The molecule has 1 aliphatic rings. The number of carbonyl (C=O) groups excluding carboxylic acids is 1. The lowest BCUT2D eigenvalue weighted by Crippen LogP contribution is -2.46. The van der Waals surface area contributed by atoms with Gasteiger partial charge < -0.3 is 9.88 Å². The minimum Gasteiger partial charge on any atom is -0.338 e. The molecule has 7 nitrogen and oxygen atoms in total. The smallest absolute Gasteiger partial charge is 0.254 e. The highest BCUT2D eigenvalue weighted by Crippen LogP contribution is 2.20. The van der Waals surface area contributed by atoms with Gasteiger partial charge >= 0.3 is 0 Å². The van der Waals surface area contributed by atoms with Crippen molar-refractivity contribution >= 4 is 5.91 Å². The van der Waals surface area contributed by atoms with Crippen LogP contribution in [0.1, 0.15) is 42.8 Å². The van der Waals surface area contributed by atoms with Crippen LogP contribution in [-0.2, 0) is 17.8 Å². The molecule has 0 aromatic carbocycles. The van der Waals surface area contributed by atoms with Crippen LogP contribution >= 0.6 is 0 Å². The van der Waals surface area contributed by atoms with Gasteiger partial charge in [-0.3, -0.25) is 14.3 Å². The molecule has 1 aliphatic heterocycles. The number of nitrogens with zero attached hydrogens (tertiary/aromatic N) is 4. The molecule has 0 spiro atoms. The summed E-state index contributed by atoms with van der Waals surface area (Å²) in [5.74, 6) is 0.712. The van der Waals surface area contributed by atoms with Crippen LogP contribution in [0.15, 0.2) is 23.3 Å². The standard InChI is InChI=1S/C18H25N5O2/c1-13-16(18(25)21-14(2)20-13)7-8-17(24)23-11-4-3-6-15(23)12-22-10-5-9-19-22/h5,9-10,15H,3-4,6-8,11-12H2,1-2H3,(H,20,21,25)/t15-/m0/s1. The Morgan fingerprint density at radius 3 is 2.92 bits per heavy atom. The molecule has 1 amide bonds. The van der Waals surface area contributed by atoms with Crippen molar-refractivity contribution in [1.29, 1.82) is 0 Å². The summed E-state index contributed by atoms with van der Waals surface area (Å²) in [7, 11) is 0. The molecule has 2 aromatic rings. The molecule has 134 valence electrons. The van der Waals surface area contributed by atoms with Crippen LogP contribution in [0.4, 0.5) is 0 Å². The monoisotopic (exact) mass is 343 g/mol. The summed E-state index contributed by atoms with van der Waals surface area (Å²) < 4.78 is 1.88. The molecule has 3 rings (SSSR count). The first-order valence-corrected chi connectivity index (χ1v) is 8.88. The third kappa shape index (κ3) is 4.15. The number of aromatic nitrogens is 4. The highest BCUT2D eigenvalue weighted by Gasteiger charge is 2.27. The SMILES string of the molecule is Cc1nc(C)c(CCC(=O)N2CCCC[C@H]2Cn2cccn2)c(=O)[nH]1. The van der Waals surface area contributed by atoms with E-state index < -0.39 is 0 Å². The molecular weight excluding hydrogens is 318 g/mol. The van der Waals surface area contributed by atoms with Crippen LogP contribution in [0, 0.1) is 13.8 Å². The summed E-state index contributed by atoms with van der Waals surface area (Å²) in [6.45, 7) is 5.09. The van der Waals surface area contributed by atoms with Crippen molar-refractivity contribution in [2.24, 2.45) is 0 Å². The molecule has 1 fully saturated rings. The Bertz CT molecular complexity index is 781. The summed E-state index contributed by atoms with van der Waals surface area (Å²) in [6, 6.07) is 2.07.